The van der Waals surface area contributed by atoms with Gasteiger partial charge in [0, 0.05) is 36.7 Å². The number of aromatic hydroxyl groups is 2. The first-order valence-electron chi connectivity index (χ1n) is 12.9. The summed E-state index contributed by atoms with van der Waals surface area (Å²) in [6.45, 7) is 13.5. The van der Waals surface area contributed by atoms with Gasteiger partial charge in [-0.1, -0.05) is 10.4 Å². The predicted molar refractivity (Wildman–Crippen MR) is 149 cm³/mol. The third-order valence-corrected chi connectivity index (χ3v) is 8.08. The number of hydrogen-bond acceptors (Lipinski definition) is 10. The van der Waals surface area contributed by atoms with Crippen LogP contribution in [0.15, 0.2) is 21.3 Å². The van der Waals surface area contributed by atoms with Gasteiger partial charge in [0.15, 0.2) is 5.88 Å². The molecule has 0 bridgehead atoms. The average molecular weight is 543 g/mol. The van der Waals surface area contributed by atoms with E-state index in [2.05, 4.69) is 26.3 Å². The van der Waals surface area contributed by atoms with E-state index in [-0.39, 0.29) is 48.6 Å². The topological polar surface area (TPSA) is 157 Å². The van der Waals surface area contributed by atoms with E-state index in [9.17, 15) is 24.8 Å². The molecule has 11 nitrogen and oxygen atoms in total. The zero-order valence-corrected chi connectivity index (χ0v) is 24.2. The van der Waals surface area contributed by atoms with Crippen molar-refractivity contribution in [1.29, 1.82) is 0 Å². The Hall–Kier alpha value is -2.18. The molecule has 37 heavy (non-hydrogen) atoms. The minimum atomic E-state index is -0.419. The molecule has 212 valence electrons. The van der Waals surface area contributed by atoms with Crippen molar-refractivity contribution in [1.82, 2.24) is 20.5 Å². The Kier molecular flexibility index (Phi) is 13.6. The summed E-state index contributed by atoms with van der Waals surface area (Å²) >= 11 is 1.32. The Morgan fingerprint density at radius 2 is 1.46 bits per heavy atom. The van der Waals surface area contributed by atoms with Crippen molar-refractivity contribution in [3.8, 4) is 11.8 Å². The molecule has 0 fully saturated rings. The first-order valence-corrected chi connectivity index (χ1v) is 14.1. The predicted octanol–water partition coefficient (Wildman–Crippen LogP) is 3.96. The van der Waals surface area contributed by atoms with Crippen molar-refractivity contribution in [2.24, 2.45) is 16.3 Å². The van der Waals surface area contributed by atoms with Crippen LogP contribution in [0.25, 0.3) is 0 Å². The maximum Gasteiger partial charge on any atom is 0.221 e. The van der Waals surface area contributed by atoms with Crippen LogP contribution in [0.4, 0.5) is 0 Å². The molecule has 0 aromatic carbocycles. The third kappa shape index (κ3) is 10.6. The molecule has 2 unspecified atom stereocenters. The molecule has 0 aliphatic rings. The van der Waals surface area contributed by atoms with Crippen molar-refractivity contribution in [3.63, 3.8) is 0 Å². The number of nitrogens with zero attached hydrogens (tertiary/aromatic N) is 3. The molecule has 1 amide bonds. The van der Waals surface area contributed by atoms with E-state index in [1.807, 2.05) is 27.7 Å². The molecule has 0 radical (unpaired) electrons. The number of amides is 1. The molecule has 0 aliphatic heterocycles. The van der Waals surface area contributed by atoms with Gasteiger partial charge in [-0.05, 0) is 86.1 Å². The molecule has 1 aromatic rings. The van der Waals surface area contributed by atoms with E-state index >= 15 is 0 Å². The van der Waals surface area contributed by atoms with Crippen molar-refractivity contribution < 1.29 is 15.0 Å². The number of rotatable bonds is 19. The highest BCUT2D eigenvalue weighted by Crippen LogP contribution is 2.34. The molecule has 0 saturated carbocycles. The minimum absolute atomic E-state index is 0.0399. The second kappa shape index (κ2) is 15.3. The Morgan fingerprint density at radius 1 is 0.973 bits per heavy atom. The molecule has 0 saturated heterocycles. The van der Waals surface area contributed by atoms with E-state index < -0.39 is 11.1 Å². The standard InChI is InChI=1S/C25H46N6O5S/c1-17(29-35)24(3,4)27-13-9-19(10-14-28-25(5,6)18(2)30-36)8-12-26-21(32)11-15-31-22(33)16-20(37-7)23(31)34/h16-19,27-28,33-34H,8-15H2,1-7H3,(H,26,32). The van der Waals surface area contributed by atoms with Gasteiger partial charge in [-0.2, -0.15) is 9.81 Å². The SMILES string of the molecule is CSc1cc(O)n(CCC(=O)NCCC(CCNC(C)(C)C(C)N=O)CCNC(C)(C)C(C)N=O)c1O. The lowest BCUT2D eigenvalue weighted by molar-refractivity contribution is -0.121. The lowest BCUT2D eigenvalue weighted by Gasteiger charge is -2.31. The summed E-state index contributed by atoms with van der Waals surface area (Å²) in [6.07, 6.45) is 4.38. The third-order valence-electron chi connectivity index (χ3n) is 7.34. The van der Waals surface area contributed by atoms with Gasteiger partial charge in [0.25, 0.3) is 0 Å². The fraction of sp³-hybridized carbons (Fsp3) is 0.800. The lowest BCUT2D eigenvalue weighted by Crippen LogP contribution is -2.48. The van der Waals surface area contributed by atoms with Crippen molar-refractivity contribution in [2.45, 2.75) is 102 Å². The van der Waals surface area contributed by atoms with Gasteiger partial charge >= 0.3 is 0 Å². The summed E-state index contributed by atoms with van der Waals surface area (Å²) in [6, 6.07) is 0.748. The van der Waals surface area contributed by atoms with Gasteiger partial charge in [-0.25, -0.2) is 0 Å². The van der Waals surface area contributed by atoms with E-state index in [0.717, 1.165) is 19.3 Å². The number of carbonyl (C=O) groups is 1. The average Bonchev–Trinajstić information content (AvgIpc) is 3.13. The van der Waals surface area contributed by atoms with Gasteiger partial charge in [0.05, 0.1) is 4.90 Å². The molecule has 2 atom stereocenters. The van der Waals surface area contributed by atoms with E-state index in [0.29, 0.717) is 24.5 Å². The molecule has 0 aliphatic carbocycles. The molecule has 5 N–H and O–H groups in total. The number of nitroso groups, excluding NO2 is 2. The smallest absolute Gasteiger partial charge is 0.221 e. The molecular weight excluding hydrogens is 496 g/mol. The molecule has 1 aromatic heterocycles. The molecule has 12 heteroatoms. The summed E-state index contributed by atoms with van der Waals surface area (Å²) in [5, 5.41) is 36.2. The zero-order valence-electron chi connectivity index (χ0n) is 23.3. The van der Waals surface area contributed by atoms with Crippen LogP contribution >= 0.6 is 11.8 Å². The van der Waals surface area contributed by atoms with Gasteiger partial charge in [0.2, 0.25) is 11.8 Å². The summed E-state index contributed by atoms with van der Waals surface area (Å²) in [5.41, 5.74) is -0.838. The van der Waals surface area contributed by atoms with Gasteiger partial charge in [-0.15, -0.1) is 11.8 Å². The van der Waals surface area contributed by atoms with Crippen LogP contribution in [0.3, 0.4) is 0 Å². The van der Waals surface area contributed by atoms with Gasteiger partial charge in [0.1, 0.15) is 12.1 Å². The Balaban J connectivity index is 2.62. The highest BCUT2D eigenvalue weighted by atomic mass is 32.2. The lowest BCUT2D eigenvalue weighted by atomic mass is 9.92. The Morgan fingerprint density at radius 3 is 1.89 bits per heavy atom. The van der Waals surface area contributed by atoms with Crippen molar-refractivity contribution >= 4 is 17.7 Å². The van der Waals surface area contributed by atoms with Crippen molar-refractivity contribution in [3.05, 3.63) is 15.9 Å². The van der Waals surface area contributed by atoms with Crippen molar-refractivity contribution in [2.75, 3.05) is 25.9 Å². The summed E-state index contributed by atoms with van der Waals surface area (Å²) in [7, 11) is 0. The summed E-state index contributed by atoms with van der Waals surface area (Å²) in [5.74, 6) is 0.0143. The van der Waals surface area contributed by atoms with Crippen LogP contribution in [-0.4, -0.2) is 69.7 Å². The zero-order chi connectivity index (χ0) is 28.2. The quantitative estimate of drug-likeness (QED) is 0.130. The fourth-order valence-corrected chi connectivity index (χ4v) is 4.29. The number of thioether (sulfide) groups is 1. The highest BCUT2D eigenvalue weighted by Gasteiger charge is 2.27. The largest absolute Gasteiger partial charge is 0.494 e. The monoisotopic (exact) mass is 542 g/mol. The van der Waals surface area contributed by atoms with Crippen LogP contribution in [0.1, 0.15) is 67.2 Å². The fourth-order valence-electron chi connectivity index (χ4n) is 3.78. The molecule has 1 rings (SSSR count). The molecular formula is C25H46N6O5S. The van der Waals surface area contributed by atoms with Gasteiger partial charge in [-0.3, -0.25) is 9.36 Å². The summed E-state index contributed by atoms with van der Waals surface area (Å²) < 4.78 is 1.32. The first kappa shape index (κ1) is 32.8. The van der Waals surface area contributed by atoms with Crippen LogP contribution in [0.5, 0.6) is 11.8 Å². The highest BCUT2D eigenvalue weighted by molar-refractivity contribution is 7.98. The summed E-state index contributed by atoms with van der Waals surface area (Å²) in [4.78, 5) is 34.9. The van der Waals surface area contributed by atoms with E-state index in [4.69, 9.17) is 0 Å². The first-order chi connectivity index (χ1) is 17.3. The van der Waals surface area contributed by atoms with E-state index in [1.165, 1.54) is 22.4 Å². The van der Waals surface area contributed by atoms with Crippen LogP contribution < -0.4 is 16.0 Å². The Bertz CT molecular complexity index is 844. The maximum atomic E-state index is 12.4. The number of hydrogen-bond donors (Lipinski definition) is 5. The van der Waals surface area contributed by atoms with Crippen LogP contribution in [0, 0.1) is 15.7 Å². The molecule has 0 spiro atoms. The maximum absolute atomic E-state index is 12.4. The van der Waals surface area contributed by atoms with Crippen LogP contribution in [0.2, 0.25) is 0 Å². The van der Waals surface area contributed by atoms with E-state index in [1.54, 1.807) is 20.1 Å². The normalized spacial score (nSPS) is 14.7. The van der Waals surface area contributed by atoms with Crippen LogP contribution in [-0.2, 0) is 11.3 Å². The minimum Gasteiger partial charge on any atom is -0.494 e. The second-order valence-corrected chi connectivity index (χ2v) is 11.6. The number of nitrogens with one attached hydrogen (secondary N) is 3. The van der Waals surface area contributed by atoms with Gasteiger partial charge < -0.3 is 26.2 Å². The second-order valence-electron chi connectivity index (χ2n) is 10.7. The molecule has 1 heterocycles. The number of aromatic nitrogens is 1. The Labute approximate surface area is 224 Å². The number of carbonyl (C=O) groups excluding carboxylic acids is 1.